The molecule has 40 heavy (non-hydrogen) atoms. The second-order valence-corrected chi connectivity index (χ2v) is 13.3. The Morgan fingerprint density at radius 1 is 1.02 bits per heavy atom. The summed E-state index contributed by atoms with van der Waals surface area (Å²) in [6, 6.07) is 18.7. The molecule has 0 heterocycles. The predicted molar refractivity (Wildman–Crippen MR) is 154 cm³/mol. The molecule has 0 aliphatic heterocycles. The van der Waals surface area contributed by atoms with Gasteiger partial charge in [-0.1, -0.05) is 54.6 Å². The van der Waals surface area contributed by atoms with Crippen LogP contribution in [0.15, 0.2) is 77.7 Å². The van der Waals surface area contributed by atoms with Crippen LogP contribution in [-0.4, -0.2) is 21.5 Å². The van der Waals surface area contributed by atoms with E-state index in [1.165, 1.54) is 23.3 Å². The maximum Gasteiger partial charge on any atom is 0.416 e. The Bertz CT molecular complexity index is 1450. The van der Waals surface area contributed by atoms with Crippen molar-refractivity contribution in [2.75, 3.05) is 0 Å². The van der Waals surface area contributed by atoms with Gasteiger partial charge in [0.15, 0.2) is 0 Å². The fraction of sp³-hybridized carbons (Fsp3) is 0.355. The largest absolute Gasteiger partial charge is 0.416 e. The van der Waals surface area contributed by atoms with Gasteiger partial charge >= 0.3 is 6.18 Å². The van der Waals surface area contributed by atoms with Crippen molar-refractivity contribution in [3.8, 4) is 0 Å². The zero-order valence-corrected chi connectivity index (χ0v) is 23.8. The van der Waals surface area contributed by atoms with Gasteiger partial charge in [-0.15, -0.1) is 0 Å². The number of rotatable bonds is 9. The van der Waals surface area contributed by atoms with E-state index in [1.54, 1.807) is 24.3 Å². The summed E-state index contributed by atoms with van der Waals surface area (Å²) >= 11 is 0. The van der Waals surface area contributed by atoms with Crippen molar-refractivity contribution in [1.82, 2.24) is 15.4 Å². The number of halogens is 3. The lowest BCUT2D eigenvalue weighted by Crippen LogP contribution is -2.35. The van der Waals surface area contributed by atoms with Crippen molar-refractivity contribution in [2.24, 2.45) is 0 Å². The summed E-state index contributed by atoms with van der Waals surface area (Å²) in [6.45, 7) is 7.12. The van der Waals surface area contributed by atoms with E-state index in [4.69, 9.17) is 0 Å². The molecule has 1 amide bonds. The van der Waals surface area contributed by atoms with Gasteiger partial charge in [0.25, 0.3) is 0 Å². The van der Waals surface area contributed by atoms with Gasteiger partial charge in [0.05, 0.1) is 27.4 Å². The van der Waals surface area contributed by atoms with Crippen LogP contribution in [0.25, 0.3) is 0 Å². The Kier molecular flexibility index (Phi) is 8.77. The molecule has 1 unspecified atom stereocenters. The summed E-state index contributed by atoms with van der Waals surface area (Å²) in [5, 5.41) is 6.60. The van der Waals surface area contributed by atoms with Gasteiger partial charge in [-0.2, -0.15) is 13.2 Å². The van der Waals surface area contributed by atoms with E-state index in [0.717, 1.165) is 37.1 Å². The Balaban J connectivity index is 1.49. The molecule has 0 bridgehead atoms. The number of hydrogen-bond donors (Lipinski definition) is 3. The second kappa shape index (κ2) is 11.8. The first-order valence-corrected chi connectivity index (χ1v) is 15.0. The van der Waals surface area contributed by atoms with Gasteiger partial charge in [-0.3, -0.25) is 4.79 Å². The van der Waals surface area contributed by atoms with Crippen molar-refractivity contribution >= 4 is 21.5 Å². The van der Waals surface area contributed by atoms with Gasteiger partial charge in [-0.25, -0.2) is 8.93 Å². The van der Waals surface area contributed by atoms with Crippen LogP contribution in [0.3, 0.4) is 0 Å². The quantitative estimate of drug-likeness (QED) is 0.272. The zero-order valence-electron chi connectivity index (χ0n) is 23.0. The van der Waals surface area contributed by atoms with Gasteiger partial charge in [0.2, 0.25) is 5.91 Å². The van der Waals surface area contributed by atoms with Crippen molar-refractivity contribution in [3.05, 3.63) is 101 Å². The third kappa shape index (κ3) is 7.74. The lowest BCUT2D eigenvalue weighted by atomic mass is 10.0. The molecule has 5 nitrogen and oxygen atoms in total. The monoisotopic (exact) mass is 571 g/mol. The average Bonchev–Trinajstić information content (AvgIpc) is 3.28. The number of amides is 1. The van der Waals surface area contributed by atoms with Crippen LogP contribution < -0.4 is 15.4 Å². The molecule has 0 saturated carbocycles. The van der Waals surface area contributed by atoms with Crippen LogP contribution >= 0.6 is 0 Å². The number of fused-ring (bicyclic) bond motifs is 1. The minimum absolute atomic E-state index is 0.0113. The first kappa shape index (κ1) is 29.8. The Labute approximate surface area is 234 Å². The number of hydrogen-bond acceptors (Lipinski definition) is 3. The molecule has 0 spiro atoms. The SMILES string of the molecule is C=S(=O)(N[C@H](CC(=O)N[C@@H]1CCc2cc(CNC(C)(C)C)ccc21)c1ccccc1)c1cccc(C(F)(F)F)c1. The normalized spacial score (nSPS) is 17.6. The van der Waals surface area contributed by atoms with Crippen LogP contribution in [0, 0.1) is 0 Å². The lowest BCUT2D eigenvalue weighted by molar-refractivity contribution is -0.137. The van der Waals surface area contributed by atoms with E-state index in [-0.39, 0.29) is 28.8 Å². The Morgan fingerprint density at radius 2 is 1.75 bits per heavy atom. The van der Waals surface area contributed by atoms with E-state index >= 15 is 0 Å². The van der Waals surface area contributed by atoms with Crippen molar-refractivity contribution in [2.45, 2.75) is 75.3 Å². The molecule has 3 aromatic rings. The molecule has 0 saturated heterocycles. The highest BCUT2D eigenvalue weighted by Gasteiger charge is 2.32. The second-order valence-electron chi connectivity index (χ2n) is 11.3. The van der Waals surface area contributed by atoms with E-state index in [0.29, 0.717) is 5.56 Å². The Morgan fingerprint density at radius 3 is 2.42 bits per heavy atom. The first-order chi connectivity index (χ1) is 18.7. The van der Waals surface area contributed by atoms with Crippen LogP contribution in [0.2, 0.25) is 0 Å². The van der Waals surface area contributed by atoms with Crippen molar-refractivity contribution < 1.29 is 22.2 Å². The summed E-state index contributed by atoms with van der Waals surface area (Å²) in [5.41, 5.74) is 3.27. The van der Waals surface area contributed by atoms with Crippen LogP contribution in [0.5, 0.6) is 0 Å². The molecular weight excluding hydrogens is 535 g/mol. The van der Waals surface area contributed by atoms with Gasteiger partial charge in [-0.05, 0) is 79.9 Å². The Hall–Kier alpha value is -3.14. The minimum Gasteiger partial charge on any atom is -0.349 e. The molecule has 3 aromatic carbocycles. The first-order valence-electron chi connectivity index (χ1n) is 13.2. The standard InChI is InChI=1S/C31H36F3N3O2S/c1-30(2,3)35-20-21-13-15-26-23(17-21)14-16-27(26)36-29(38)19-28(22-9-6-5-7-10-22)37-40(4,39)25-12-8-11-24(18-25)31(32,33)34/h5-13,15,17-18,27-28,35H,4,14,16,19-20H2,1-3H3,(H,36,38)(H,37,39)/t27-,28-,40?/m1/s1. The minimum atomic E-state index is -4.58. The smallest absolute Gasteiger partial charge is 0.349 e. The average molecular weight is 572 g/mol. The predicted octanol–water partition coefficient (Wildman–Crippen LogP) is 6.11. The molecule has 4 rings (SSSR count). The summed E-state index contributed by atoms with van der Waals surface area (Å²) in [7, 11) is -3.37. The number of nitrogens with one attached hydrogen (secondary N) is 3. The van der Waals surface area contributed by atoms with E-state index in [2.05, 4.69) is 60.2 Å². The highest BCUT2D eigenvalue weighted by atomic mass is 32.2. The molecule has 1 aliphatic rings. The summed E-state index contributed by atoms with van der Waals surface area (Å²) in [6.07, 6.45) is -3.01. The molecule has 214 valence electrons. The summed E-state index contributed by atoms with van der Waals surface area (Å²) < 4.78 is 56.3. The van der Waals surface area contributed by atoms with Crippen LogP contribution in [0.1, 0.15) is 73.5 Å². The molecule has 3 N–H and O–H groups in total. The maximum absolute atomic E-state index is 13.6. The number of alkyl halides is 3. The molecule has 0 radical (unpaired) electrons. The van der Waals surface area contributed by atoms with E-state index in [1.807, 2.05) is 6.07 Å². The highest BCUT2D eigenvalue weighted by molar-refractivity contribution is 7.98. The molecule has 3 atom stereocenters. The molecule has 0 fully saturated rings. The molecular formula is C31H36F3N3O2S. The number of aryl methyl sites for hydroxylation is 1. The van der Waals surface area contributed by atoms with Gasteiger partial charge < -0.3 is 10.6 Å². The number of carbonyl (C=O) groups excluding carboxylic acids is 1. The molecule has 1 aliphatic carbocycles. The van der Waals surface area contributed by atoms with E-state index in [9.17, 15) is 22.2 Å². The zero-order chi connectivity index (χ0) is 29.1. The number of carbonyl (C=O) groups is 1. The van der Waals surface area contributed by atoms with Gasteiger partial charge in [0.1, 0.15) is 0 Å². The van der Waals surface area contributed by atoms with Crippen molar-refractivity contribution in [3.63, 3.8) is 0 Å². The summed E-state index contributed by atoms with van der Waals surface area (Å²) in [4.78, 5) is 13.2. The molecule has 9 heteroatoms. The third-order valence-corrected chi connectivity index (χ3v) is 8.59. The maximum atomic E-state index is 13.6. The summed E-state index contributed by atoms with van der Waals surface area (Å²) in [5.74, 6) is 3.47. The van der Waals surface area contributed by atoms with Crippen LogP contribution in [-0.2, 0) is 33.6 Å². The molecule has 0 aromatic heterocycles. The van der Waals surface area contributed by atoms with Crippen molar-refractivity contribution in [1.29, 1.82) is 0 Å². The third-order valence-electron chi connectivity index (χ3n) is 6.91. The highest BCUT2D eigenvalue weighted by Crippen LogP contribution is 2.33. The number of benzene rings is 3. The van der Waals surface area contributed by atoms with Crippen LogP contribution in [0.4, 0.5) is 13.2 Å². The van der Waals surface area contributed by atoms with E-state index < -0.39 is 27.5 Å². The lowest BCUT2D eigenvalue weighted by Gasteiger charge is -2.23. The fourth-order valence-corrected chi connectivity index (χ4v) is 6.26. The fourth-order valence-electron chi connectivity index (χ4n) is 4.82. The van der Waals surface area contributed by atoms with Gasteiger partial charge in [0, 0.05) is 23.4 Å². The topological polar surface area (TPSA) is 70.2 Å².